The summed E-state index contributed by atoms with van der Waals surface area (Å²) in [4.78, 5) is 0. The summed E-state index contributed by atoms with van der Waals surface area (Å²) in [6, 6.07) is 0. The molecule has 0 aliphatic heterocycles. The molecule has 0 rings (SSSR count). The Bertz CT molecular complexity index is 322. The summed E-state index contributed by atoms with van der Waals surface area (Å²) < 4.78 is 0. The van der Waals surface area contributed by atoms with E-state index in [1.54, 1.807) is 0 Å². The molecule has 0 aliphatic rings. The summed E-state index contributed by atoms with van der Waals surface area (Å²) in [6.45, 7) is 8.96. The molecule has 0 aromatic heterocycles. The standard InChI is InChI=1S/C24H42/c1-5-7-9-11-13-15-17-19-21-24(23(3)4)22-20-18-16-14-12-10-8-6-2/h5-8,15-18,23-24H,9-14,19-22H2,1-4H3/b7-5+,8-6+,17-15+,18-16+. The normalized spacial score (nSPS) is 13.1. The van der Waals surface area contributed by atoms with Crippen molar-refractivity contribution in [1.82, 2.24) is 0 Å². The van der Waals surface area contributed by atoms with Gasteiger partial charge in [-0.05, 0) is 89.9 Å². The number of unbranched alkanes of at least 4 members (excludes halogenated alkanes) is 4. The third kappa shape index (κ3) is 15.8. The largest absolute Gasteiger partial charge is 0.0917 e. The van der Waals surface area contributed by atoms with E-state index in [2.05, 4.69) is 76.3 Å². The van der Waals surface area contributed by atoms with Gasteiger partial charge in [0.15, 0.2) is 0 Å². The Morgan fingerprint density at radius 3 is 1.29 bits per heavy atom. The molecule has 0 bridgehead atoms. The topological polar surface area (TPSA) is 0 Å². The van der Waals surface area contributed by atoms with E-state index in [4.69, 9.17) is 0 Å². The van der Waals surface area contributed by atoms with Crippen molar-refractivity contribution in [2.24, 2.45) is 11.8 Å². The van der Waals surface area contributed by atoms with Crippen LogP contribution >= 0.6 is 0 Å². The molecule has 24 heavy (non-hydrogen) atoms. The molecule has 138 valence electrons. The zero-order valence-corrected chi connectivity index (χ0v) is 16.8. The molecule has 0 heteroatoms. The zero-order chi connectivity index (χ0) is 17.9. The van der Waals surface area contributed by atoms with Crippen LogP contribution in [0.15, 0.2) is 48.6 Å². The van der Waals surface area contributed by atoms with Gasteiger partial charge < -0.3 is 0 Å². The Morgan fingerprint density at radius 1 is 0.542 bits per heavy atom. The van der Waals surface area contributed by atoms with Crippen LogP contribution in [0.2, 0.25) is 0 Å². The minimum absolute atomic E-state index is 0.802. The maximum Gasteiger partial charge on any atom is -0.0348 e. The monoisotopic (exact) mass is 330 g/mol. The van der Waals surface area contributed by atoms with Crippen LogP contribution in [-0.4, -0.2) is 0 Å². The molecule has 0 amide bonds. The van der Waals surface area contributed by atoms with Gasteiger partial charge in [0.25, 0.3) is 0 Å². The van der Waals surface area contributed by atoms with Crippen LogP contribution in [0.4, 0.5) is 0 Å². The molecule has 0 saturated carbocycles. The van der Waals surface area contributed by atoms with E-state index in [-0.39, 0.29) is 0 Å². The number of hydrogen-bond donors (Lipinski definition) is 0. The van der Waals surface area contributed by atoms with Crippen molar-refractivity contribution in [3.8, 4) is 0 Å². The average molecular weight is 331 g/mol. The maximum atomic E-state index is 2.40. The Balaban J connectivity index is 3.77. The first-order chi connectivity index (χ1) is 11.7. The van der Waals surface area contributed by atoms with Gasteiger partial charge in [-0.2, -0.15) is 0 Å². The zero-order valence-electron chi connectivity index (χ0n) is 16.8. The fourth-order valence-corrected chi connectivity index (χ4v) is 2.94. The number of allylic oxidation sites excluding steroid dienone is 8. The fraction of sp³-hybridized carbons (Fsp3) is 0.667. The van der Waals surface area contributed by atoms with Gasteiger partial charge in [-0.3, -0.25) is 0 Å². The molecule has 0 nitrogen and oxygen atoms in total. The highest BCUT2D eigenvalue weighted by Gasteiger charge is 2.11. The van der Waals surface area contributed by atoms with Gasteiger partial charge >= 0.3 is 0 Å². The van der Waals surface area contributed by atoms with E-state index in [0.717, 1.165) is 11.8 Å². The van der Waals surface area contributed by atoms with E-state index in [1.807, 2.05) is 0 Å². The maximum absolute atomic E-state index is 2.40. The lowest BCUT2D eigenvalue weighted by Crippen LogP contribution is -2.08. The van der Waals surface area contributed by atoms with E-state index in [0.29, 0.717) is 0 Å². The number of rotatable bonds is 15. The van der Waals surface area contributed by atoms with Gasteiger partial charge in [-0.1, -0.05) is 62.5 Å². The molecule has 0 heterocycles. The summed E-state index contributed by atoms with van der Waals surface area (Å²) in [5, 5.41) is 0. The molecule has 0 N–H and O–H groups in total. The molecule has 0 aromatic rings. The Kier molecular flexibility index (Phi) is 17.5. The molecule has 0 aliphatic carbocycles. The lowest BCUT2D eigenvalue weighted by Gasteiger charge is -2.19. The second kappa shape index (κ2) is 18.3. The number of hydrogen-bond acceptors (Lipinski definition) is 0. The van der Waals surface area contributed by atoms with Crippen molar-refractivity contribution in [2.45, 2.75) is 91.9 Å². The predicted octanol–water partition coefficient (Wildman–Crippen LogP) is 8.42. The average Bonchev–Trinajstić information content (AvgIpc) is 2.57. The van der Waals surface area contributed by atoms with Crippen LogP contribution in [0.3, 0.4) is 0 Å². The Morgan fingerprint density at radius 2 is 0.917 bits per heavy atom. The first kappa shape index (κ1) is 23.0. The van der Waals surface area contributed by atoms with Crippen LogP contribution in [-0.2, 0) is 0 Å². The molecule has 0 saturated heterocycles. The fourth-order valence-electron chi connectivity index (χ4n) is 2.94. The van der Waals surface area contributed by atoms with E-state index >= 15 is 0 Å². The highest BCUT2D eigenvalue weighted by molar-refractivity contribution is 4.87. The van der Waals surface area contributed by atoms with Crippen molar-refractivity contribution >= 4 is 0 Å². The van der Waals surface area contributed by atoms with Crippen LogP contribution in [0.25, 0.3) is 0 Å². The van der Waals surface area contributed by atoms with Gasteiger partial charge in [-0.25, -0.2) is 0 Å². The van der Waals surface area contributed by atoms with E-state index < -0.39 is 0 Å². The van der Waals surface area contributed by atoms with Crippen LogP contribution in [0.5, 0.6) is 0 Å². The second-order valence-corrected chi connectivity index (χ2v) is 7.10. The molecule has 0 atom stereocenters. The highest BCUT2D eigenvalue weighted by Crippen LogP contribution is 2.23. The van der Waals surface area contributed by atoms with Crippen molar-refractivity contribution < 1.29 is 0 Å². The van der Waals surface area contributed by atoms with Crippen molar-refractivity contribution in [2.75, 3.05) is 0 Å². The van der Waals surface area contributed by atoms with Gasteiger partial charge in [0, 0.05) is 0 Å². The molecular weight excluding hydrogens is 288 g/mol. The smallest absolute Gasteiger partial charge is 0.0348 e. The van der Waals surface area contributed by atoms with Crippen LogP contribution < -0.4 is 0 Å². The summed E-state index contributed by atoms with van der Waals surface area (Å²) in [6.07, 6.45) is 31.0. The summed E-state index contributed by atoms with van der Waals surface area (Å²) >= 11 is 0. The highest BCUT2D eigenvalue weighted by atomic mass is 14.2. The minimum Gasteiger partial charge on any atom is -0.0917 e. The molecule has 0 spiro atoms. The third-order valence-electron chi connectivity index (χ3n) is 4.64. The Labute approximate surface area is 152 Å². The van der Waals surface area contributed by atoms with Gasteiger partial charge in [-0.15, -0.1) is 0 Å². The van der Waals surface area contributed by atoms with Crippen molar-refractivity contribution in [3.63, 3.8) is 0 Å². The lowest BCUT2D eigenvalue weighted by atomic mass is 9.87. The van der Waals surface area contributed by atoms with Crippen LogP contribution in [0.1, 0.15) is 91.9 Å². The summed E-state index contributed by atoms with van der Waals surface area (Å²) in [7, 11) is 0. The minimum atomic E-state index is 0.802. The molecule has 0 unspecified atom stereocenters. The van der Waals surface area contributed by atoms with Gasteiger partial charge in [0.2, 0.25) is 0 Å². The van der Waals surface area contributed by atoms with Gasteiger partial charge in [0.05, 0.1) is 0 Å². The van der Waals surface area contributed by atoms with E-state index in [9.17, 15) is 0 Å². The molecular formula is C24H42. The molecule has 0 aromatic carbocycles. The van der Waals surface area contributed by atoms with E-state index in [1.165, 1.54) is 64.2 Å². The lowest BCUT2D eigenvalue weighted by molar-refractivity contribution is 0.341. The first-order valence-corrected chi connectivity index (χ1v) is 10.2. The second-order valence-electron chi connectivity index (χ2n) is 7.10. The van der Waals surface area contributed by atoms with Crippen molar-refractivity contribution in [3.05, 3.63) is 48.6 Å². The first-order valence-electron chi connectivity index (χ1n) is 10.2. The third-order valence-corrected chi connectivity index (χ3v) is 4.64. The summed E-state index contributed by atoms with van der Waals surface area (Å²) in [5.41, 5.74) is 0. The van der Waals surface area contributed by atoms with Crippen LogP contribution in [0, 0.1) is 11.8 Å². The van der Waals surface area contributed by atoms with Gasteiger partial charge in [0.1, 0.15) is 0 Å². The van der Waals surface area contributed by atoms with Crippen molar-refractivity contribution in [1.29, 1.82) is 0 Å². The molecule has 0 fully saturated rings. The predicted molar refractivity (Wildman–Crippen MR) is 112 cm³/mol. The SMILES string of the molecule is C/C=C/CCC/C=C/CCC(CC/C=C/CCC/C=C/C)C(C)C. The quantitative estimate of drug-likeness (QED) is 0.209. The molecule has 0 radical (unpaired) electrons. The Hall–Kier alpha value is -1.04. The summed E-state index contributed by atoms with van der Waals surface area (Å²) in [5.74, 6) is 1.67.